The highest BCUT2D eigenvalue weighted by molar-refractivity contribution is 5.97. The number of piperazine rings is 1. The molecule has 4 heterocycles. The Bertz CT molecular complexity index is 1520. The summed E-state index contributed by atoms with van der Waals surface area (Å²) >= 11 is 0. The number of hydrogen-bond donors (Lipinski definition) is 0. The lowest BCUT2D eigenvalue weighted by Crippen LogP contribution is -2.49. The molecule has 2 fully saturated rings. The van der Waals surface area contributed by atoms with Gasteiger partial charge in [0, 0.05) is 74.4 Å². The van der Waals surface area contributed by atoms with Gasteiger partial charge in [-0.1, -0.05) is 18.2 Å². The maximum atomic E-state index is 13.1. The zero-order chi connectivity index (χ0) is 30.1. The lowest BCUT2D eigenvalue weighted by Gasteiger charge is -2.35. The van der Waals surface area contributed by atoms with Crippen LogP contribution in [0.4, 0.5) is 5.82 Å². The van der Waals surface area contributed by atoms with Crippen molar-refractivity contribution < 1.29 is 19.0 Å². The van der Waals surface area contributed by atoms with Gasteiger partial charge in [0.05, 0.1) is 32.6 Å². The fourth-order valence-electron chi connectivity index (χ4n) is 5.86. The number of fused-ring (bicyclic) bond motifs is 1. The Morgan fingerprint density at radius 1 is 0.864 bits per heavy atom. The molecule has 0 saturated carbocycles. The average Bonchev–Trinajstić information content (AvgIpc) is 3.09. The third-order valence-corrected chi connectivity index (χ3v) is 8.36. The number of benzene rings is 2. The number of amides is 1. The Balaban J connectivity index is 1.22. The number of pyridine rings is 1. The first-order valence-corrected chi connectivity index (χ1v) is 15.5. The maximum Gasteiger partial charge on any atom is 0.253 e. The first-order valence-electron chi connectivity index (χ1n) is 15.5. The van der Waals surface area contributed by atoms with E-state index in [0.29, 0.717) is 56.3 Å². The number of anilines is 1. The Morgan fingerprint density at radius 2 is 1.61 bits per heavy atom. The summed E-state index contributed by atoms with van der Waals surface area (Å²) in [7, 11) is 1.67. The molecule has 0 spiro atoms. The number of hydrogen-bond acceptors (Lipinski definition) is 9. The van der Waals surface area contributed by atoms with Crippen LogP contribution in [0.5, 0.6) is 11.5 Å². The first kappa shape index (κ1) is 29.8. The Morgan fingerprint density at radius 3 is 2.36 bits per heavy atom. The van der Waals surface area contributed by atoms with E-state index < -0.39 is 0 Å². The highest BCUT2D eigenvalue weighted by atomic mass is 16.5. The monoisotopic (exact) mass is 596 g/mol. The summed E-state index contributed by atoms with van der Waals surface area (Å²) in [6, 6.07) is 17.5. The number of nitrogens with zero attached hydrogens (tertiary/aromatic N) is 6. The molecule has 0 radical (unpaired) electrons. The third kappa shape index (κ3) is 7.09. The SMILES string of the molecule is COc1cc2c(Cc3ccncc3)nnc(N3CCN(C(=O)c4ccccc4)CC3)c2cc1OCCCCN1CCOCC1. The summed E-state index contributed by atoms with van der Waals surface area (Å²) in [4.78, 5) is 23.8. The second-order valence-corrected chi connectivity index (χ2v) is 11.2. The molecule has 0 bridgehead atoms. The van der Waals surface area contributed by atoms with E-state index in [4.69, 9.17) is 24.4 Å². The number of methoxy groups -OCH3 is 1. The van der Waals surface area contributed by atoms with E-state index in [2.05, 4.69) is 20.9 Å². The predicted molar refractivity (Wildman–Crippen MR) is 170 cm³/mol. The minimum absolute atomic E-state index is 0.0583. The topological polar surface area (TPSA) is 93.2 Å². The zero-order valence-corrected chi connectivity index (χ0v) is 25.4. The normalized spacial score (nSPS) is 15.8. The van der Waals surface area contributed by atoms with Crippen LogP contribution in [0.2, 0.25) is 0 Å². The predicted octanol–water partition coefficient (Wildman–Crippen LogP) is 4.08. The summed E-state index contributed by atoms with van der Waals surface area (Å²) in [5.41, 5.74) is 2.68. The highest BCUT2D eigenvalue weighted by Gasteiger charge is 2.26. The van der Waals surface area contributed by atoms with Crippen molar-refractivity contribution in [2.24, 2.45) is 0 Å². The van der Waals surface area contributed by atoms with Gasteiger partial charge in [-0.05, 0) is 61.3 Å². The van der Waals surface area contributed by atoms with Crippen molar-refractivity contribution in [2.45, 2.75) is 19.3 Å². The van der Waals surface area contributed by atoms with Crippen molar-refractivity contribution in [2.75, 3.05) is 77.6 Å². The van der Waals surface area contributed by atoms with Crippen LogP contribution in [0.1, 0.15) is 34.5 Å². The van der Waals surface area contributed by atoms with Gasteiger partial charge in [0.25, 0.3) is 5.91 Å². The van der Waals surface area contributed by atoms with E-state index in [9.17, 15) is 4.79 Å². The molecule has 230 valence electrons. The summed E-state index contributed by atoms with van der Waals surface area (Å²) in [5.74, 6) is 2.24. The summed E-state index contributed by atoms with van der Waals surface area (Å²) in [6.45, 7) is 7.83. The Kier molecular flexibility index (Phi) is 9.79. The van der Waals surface area contributed by atoms with Gasteiger partial charge in [0.15, 0.2) is 17.3 Å². The molecule has 6 rings (SSSR count). The van der Waals surface area contributed by atoms with Gasteiger partial charge in [-0.25, -0.2) is 0 Å². The van der Waals surface area contributed by atoms with Crippen LogP contribution in [0, 0.1) is 0 Å². The van der Waals surface area contributed by atoms with Crippen molar-refractivity contribution in [1.82, 2.24) is 25.0 Å². The number of unbranched alkanes of at least 4 members (excludes halogenated alkanes) is 1. The van der Waals surface area contributed by atoms with Crippen molar-refractivity contribution in [3.8, 4) is 11.5 Å². The molecule has 44 heavy (non-hydrogen) atoms. The number of rotatable bonds is 11. The van der Waals surface area contributed by atoms with E-state index in [-0.39, 0.29) is 5.91 Å². The summed E-state index contributed by atoms with van der Waals surface area (Å²) in [6.07, 6.45) is 6.22. The van der Waals surface area contributed by atoms with Crippen LogP contribution < -0.4 is 14.4 Å². The first-order chi connectivity index (χ1) is 21.7. The van der Waals surface area contributed by atoms with E-state index >= 15 is 0 Å². The molecule has 2 aliphatic heterocycles. The Labute approximate surface area is 258 Å². The summed E-state index contributed by atoms with van der Waals surface area (Å²) in [5, 5.41) is 11.4. The highest BCUT2D eigenvalue weighted by Crippen LogP contribution is 2.38. The fraction of sp³-hybridized carbons (Fsp3) is 0.412. The van der Waals surface area contributed by atoms with Crippen molar-refractivity contribution in [1.29, 1.82) is 0 Å². The van der Waals surface area contributed by atoms with E-state index in [1.807, 2.05) is 53.4 Å². The van der Waals surface area contributed by atoms with Crippen LogP contribution in [0.3, 0.4) is 0 Å². The average molecular weight is 597 g/mol. The van der Waals surface area contributed by atoms with Crippen LogP contribution in [0.25, 0.3) is 10.8 Å². The van der Waals surface area contributed by atoms with Crippen molar-refractivity contribution >= 4 is 22.5 Å². The second-order valence-electron chi connectivity index (χ2n) is 11.2. The van der Waals surface area contributed by atoms with Gasteiger partial charge >= 0.3 is 0 Å². The van der Waals surface area contributed by atoms with Gasteiger partial charge in [-0.3, -0.25) is 14.7 Å². The second kappa shape index (κ2) is 14.5. The van der Waals surface area contributed by atoms with Crippen molar-refractivity contribution in [3.05, 3.63) is 83.8 Å². The standard InChI is InChI=1S/C34H40N6O4/c1-42-31-24-28-29(25-32(31)44-20-6-5-13-38-18-21-43-22-19-38)33(37-36-30(28)23-26-9-11-35-12-10-26)39-14-16-40(17-15-39)34(41)27-7-3-2-4-8-27/h2-4,7-12,24-25H,5-6,13-23H2,1H3. The number of morpholine rings is 1. The molecule has 4 aromatic rings. The van der Waals surface area contributed by atoms with Gasteiger partial charge in [-0.15, -0.1) is 5.10 Å². The smallest absolute Gasteiger partial charge is 0.253 e. The van der Waals surface area contributed by atoms with Gasteiger partial charge in [-0.2, -0.15) is 5.10 Å². The third-order valence-electron chi connectivity index (χ3n) is 8.36. The number of ether oxygens (including phenoxy) is 3. The minimum atomic E-state index is 0.0583. The lowest BCUT2D eigenvalue weighted by atomic mass is 10.0. The van der Waals surface area contributed by atoms with E-state index in [1.165, 1.54) is 0 Å². The molecule has 0 unspecified atom stereocenters. The summed E-state index contributed by atoms with van der Waals surface area (Å²) < 4.78 is 17.6. The molecule has 2 aliphatic rings. The van der Waals surface area contributed by atoms with Crippen LogP contribution in [-0.2, 0) is 11.2 Å². The number of carbonyl (C=O) groups excluding carboxylic acids is 1. The Hall–Kier alpha value is -4.28. The largest absolute Gasteiger partial charge is 0.493 e. The zero-order valence-electron chi connectivity index (χ0n) is 25.4. The van der Waals surface area contributed by atoms with Crippen LogP contribution in [-0.4, -0.2) is 104 Å². The maximum absolute atomic E-state index is 13.1. The quantitative estimate of drug-likeness (QED) is 0.238. The van der Waals surface area contributed by atoms with Gasteiger partial charge in [0.2, 0.25) is 0 Å². The molecule has 2 aromatic carbocycles. The molecule has 0 aliphatic carbocycles. The fourth-order valence-corrected chi connectivity index (χ4v) is 5.86. The molecule has 10 heteroatoms. The molecule has 0 N–H and O–H groups in total. The molecular weight excluding hydrogens is 556 g/mol. The number of aromatic nitrogens is 3. The molecule has 2 saturated heterocycles. The van der Waals surface area contributed by atoms with Crippen LogP contribution in [0.15, 0.2) is 67.0 Å². The number of carbonyl (C=O) groups is 1. The molecular formula is C34H40N6O4. The van der Waals surface area contributed by atoms with E-state index in [0.717, 1.165) is 73.5 Å². The van der Waals surface area contributed by atoms with Crippen molar-refractivity contribution in [3.63, 3.8) is 0 Å². The lowest BCUT2D eigenvalue weighted by molar-refractivity contribution is 0.0368. The molecule has 1 amide bonds. The van der Waals surface area contributed by atoms with Gasteiger partial charge < -0.3 is 24.0 Å². The molecule has 2 aromatic heterocycles. The molecule has 10 nitrogen and oxygen atoms in total. The van der Waals surface area contributed by atoms with E-state index in [1.54, 1.807) is 19.5 Å². The minimum Gasteiger partial charge on any atom is -0.493 e. The van der Waals surface area contributed by atoms with Gasteiger partial charge in [0.1, 0.15) is 0 Å². The molecule has 0 atom stereocenters. The van der Waals surface area contributed by atoms with Crippen LogP contribution >= 0.6 is 0 Å².